The zero-order valence-corrected chi connectivity index (χ0v) is 9.12. The van der Waals surface area contributed by atoms with Crippen LogP contribution in [-0.4, -0.2) is 19.8 Å². The SMILES string of the molecule is O=[N+]([O-])c1cc2nc(C3CC3)[nH]c2cc1[N+](=O)[O-]. The van der Waals surface area contributed by atoms with Crippen LogP contribution in [-0.2, 0) is 0 Å². The molecule has 1 saturated carbocycles. The minimum absolute atomic E-state index is 0.357. The van der Waals surface area contributed by atoms with Crippen molar-refractivity contribution in [2.45, 2.75) is 18.8 Å². The second-order valence-corrected chi connectivity index (χ2v) is 4.27. The molecule has 8 nitrogen and oxygen atoms in total. The first-order valence-corrected chi connectivity index (χ1v) is 5.38. The van der Waals surface area contributed by atoms with Crippen molar-refractivity contribution >= 4 is 22.4 Å². The number of nitrogens with one attached hydrogen (secondary N) is 1. The van der Waals surface area contributed by atoms with Crippen LogP contribution in [0.15, 0.2) is 12.1 Å². The molecule has 1 fully saturated rings. The summed E-state index contributed by atoms with van der Waals surface area (Å²) < 4.78 is 0. The van der Waals surface area contributed by atoms with Gasteiger partial charge in [-0.2, -0.15) is 0 Å². The number of rotatable bonds is 3. The Balaban J connectivity index is 2.22. The lowest BCUT2D eigenvalue weighted by Crippen LogP contribution is -1.96. The highest BCUT2D eigenvalue weighted by atomic mass is 16.6. The van der Waals surface area contributed by atoms with Crippen LogP contribution in [0.4, 0.5) is 11.4 Å². The number of nitrogens with zero attached hydrogens (tertiary/aromatic N) is 3. The number of nitro groups is 2. The van der Waals surface area contributed by atoms with Gasteiger partial charge in [0.2, 0.25) is 0 Å². The average molecular weight is 248 g/mol. The molecule has 92 valence electrons. The normalized spacial score (nSPS) is 14.9. The summed E-state index contributed by atoms with van der Waals surface area (Å²) in [5.41, 5.74) is -0.178. The Labute approximate surface area is 99.9 Å². The Hall–Kier alpha value is -2.51. The molecule has 0 amide bonds. The standard InChI is InChI=1S/C10H8N4O4/c15-13(16)8-3-6-7(4-9(8)14(17)18)12-10(11-6)5-1-2-5/h3-5H,1-2H2,(H,11,12). The van der Waals surface area contributed by atoms with Crippen molar-refractivity contribution < 1.29 is 9.85 Å². The molecule has 18 heavy (non-hydrogen) atoms. The van der Waals surface area contributed by atoms with Crippen molar-refractivity contribution in [3.63, 3.8) is 0 Å². The molecule has 3 rings (SSSR count). The van der Waals surface area contributed by atoms with Crippen molar-refractivity contribution in [3.05, 3.63) is 38.2 Å². The number of fused-ring (bicyclic) bond motifs is 1. The highest BCUT2D eigenvalue weighted by molar-refractivity contribution is 5.82. The number of hydrogen-bond acceptors (Lipinski definition) is 5. The van der Waals surface area contributed by atoms with Crippen LogP contribution in [0.1, 0.15) is 24.6 Å². The molecule has 1 aromatic carbocycles. The van der Waals surface area contributed by atoms with Crippen molar-refractivity contribution in [3.8, 4) is 0 Å². The first-order chi connectivity index (χ1) is 8.56. The van der Waals surface area contributed by atoms with E-state index in [1.54, 1.807) is 0 Å². The fourth-order valence-corrected chi connectivity index (χ4v) is 1.90. The molecule has 2 aromatic rings. The van der Waals surface area contributed by atoms with Crippen LogP contribution in [0.25, 0.3) is 11.0 Å². The molecule has 0 atom stereocenters. The van der Waals surface area contributed by atoms with Crippen molar-refractivity contribution in [1.29, 1.82) is 0 Å². The molecular formula is C10H8N4O4. The lowest BCUT2D eigenvalue weighted by Gasteiger charge is -1.94. The van der Waals surface area contributed by atoms with Crippen molar-refractivity contribution in [2.75, 3.05) is 0 Å². The van der Waals surface area contributed by atoms with Gasteiger partial charge in [-0.15, -0.1) is 0 Å². The molecule has 1 aromatic heterocycles. The van der Waals surface area contributed by atoms with Gasteiger partial charge in [-0.25, -0.2) is 4.98 Å². The topological polar surface area (TPSA) is 115 Å². The van der Waals surface area contributed by atoms with Crippen molar-refractivity contribution in [1.82, 2.24) is 9.97 Å². The van der Waals surface area contributed by atoms with Gasteiger partial charge in [-0.3, -0.25) is 20.2 Å². The Morgan fingerprint density at radius 3 is 2.33 bits per heavy atom. The van der Waals surface area contributed by atoms with E-state index in [2.05, 4.69) is 9.97 Å². The first-order valence-electron chi connectivity index (χ1n) is 5.38. The molecule has 1 aliphatic carbocycles. The maximum Gasteiger partial charge on any atom is 0.348 e. The summed E-state index contributed by atoms with van der Waals surface area (Å²) in [4.78, 5) is 27.3. The van der Waals surface area contributed by atoms with Gasteiger partial charge in [0.15, 0.2) is 0 Å². The maximum atomic E-state index is 10.8. The van der Waals surface area contributed by atoms with Gasteiger partial charge in [0.25, 0.3) is 0 Å². The van der Waals surface area contributed by atoms with Crippen LogP contribution in [0, 0.1) is 20.2 Å². The van der Waals surface area contributed by atoms with Gasteiger partial charge in [0.1, 0.15) is 5.82 Å². The van der Waals surface area contributed by atoms with Crippen LogP contribution in [0.5, 0.6) is 0 Å². The predicted octanol–water partition coefficient (Wildman–Crippen LogP) is 2.26. The molecule has 0 radical (unpaired) electrons. The quantitative estimate of drug-likeness (QED) is 0.660. The average Bonchev–Trinajstić information content (AvgIpc) is 3.07. The third-order valence-corrected chi connectivity index (χ3v) is 2.95. The fraction of sp³-hybridized carbons (Fsp3) is 0.300. The van der Waals surface area contributed by atoms with Crippen LogP contribution in [0.3, 0.4) is 0 Å². The number of H-pyrrole nitrogens is 1. The minimum Gasteiger partial charge on any atom is -0.342 e. The van der Waals surface area contributed by atoms with Gasteiger partial charge >= 0.3 is 11.4 Å². The Bertz CT molecular complexity index is 623. The Morgan fingerprint density at radius 2 is 1.78 bits per heavy atom. The van der Waals surface area contributed by atoms with Crippen LogP contribution < -0.4 is 0 Å². The van der Waals surface area contributed by atoms with E-state index in [0.717, 1.165) is 24.7 Å². The molecular weight excluding hydrogens is 240 g/mol. The molecule has 0 unspecified atom stereocenters. The molecule has 8 heteroatoms. The zero-order valence-electron chi connectivity index (χ0n) is 9.12. The minimum atomic E-state index is -0.761. The second-order valence-electron chi connectivity index (χ2n) is 4.27. The van der Waals surface area contributed by atoms with Crippen LogP contribution >= 0.6 is 0 Å². The third-order valence-electron chi connectivity index (χ3n) is 2.95. The Morgan fingerprint density at radius 1 is 1.17 bits per heavy atom. The number of hydrogen-bond donors (Lipinski definition) is 1. The van der Waals surface area contributed by atoms with E-state index in [9.17, 15) is 20.2 Å². The van der Waals surface area contributed by atoms with E-state index in [0.29, 0.717) is 17.0 Å². The molecule has 1 N–H and O–H groups in total. The third kappa shape index (κ3) is 1.58. The van der Waals surface area contributed by atoms with Crippen molar-refractivity contribution in [2.24, 2.45) is 0 Å². The molecule has 0 bridgehead atoms. The molecule has 1 aliphatic rings. The van der Waals surface area contributed by atoms with Gasteiger partial charge in [0, 0.05) is 12.0 Å². The summed E-state index contributed by atoms with van der Waals surface area (Å²) in [5.74, 6) is 1.11. The molecule has 0 spiro atoms. The highest BCUT2D eigenvalue weighted by Crippen LogP contribution is 2.40. The smallest absolute Gasteiger partial charge is 0.342 e. The van der Waals surface area contributed by atoms with E-state index < -0.39 is 21.2 Å². The molecule has 1 heterocycles. The largest absolute Gasteiger partial charge is 0.348 e. The summed E-state index contributed by atoms with van der Waals surface area (Å²) in [6.45, 7) is 0. The number of nitro benzene ring substituents is 2. The highest BCUT2D eigenvalue weighted by Gasteiger charge is 2.30. The van der Waals surface area contributed by atoms with E-state index >= 15 is 0 Å². The molecule has 0 saturated heterocycles. The lowest BCUT2D eigenvalue weighted by atomic mass is 10.2. The van der Waals surface area contributed by atoms with Crippen LogP contribution in [0.2, 0.25) is 0 Å². The van der Waals surface area contributed by atoms with Gasteiger partial charge in [0.05, 0.1) is 26.9 Å². The maximum absolute atomic E-state index is 10.8. The summed E-state index contributed by atoms with van der Waals surface area (Å²) >= 11 is 0. The van der Waals surface area contributed by atoms with Gasteiger partial charge in [-0.05, 0) is 12.8 Å². The zero-order chi connectivity index (χ0) is 12.9. The number of benzene rings is 1. The van der Waals surface area contributed by atoms with E-state index in [1.165, 1.54) is 6.07 Å². The first kappa shape index (κ1) is 10.6. The number of imidazole rings is 1. The van der Waals surface area contributed by atoms with E-state index in [4.69, 9.17) is 0 Å². The summed E-state index contributed by atoms with van der Waals surface area (Å²) in [7, 11) is 0. The summed E-state index contributed by atoms with van der Waals surface area (Å²) in [6.07, 6.45) is 2.06. The van der Waals surface area contributed by atoms with Gasteiger partial charge < -0.3 is 4.98 Å². The number of aromatic nitrogens is 2. The summed E-state index contributed by atoms with van der Waals surface area (Å²) in [6, 6.07) is 2.32. The lowest BCUT2D eigenvalue weighted by molar-refractivity contribution is -0.422. The monoisotopic (exact) mass is 248 g/mol. The second kappa shape index (κ2) is 3.49. The predicted molar refractivity (Wildman–Crippen MR) is 61.4 cm³/mol. The Kier molecular flexibility index (Phi) is 2.06. The molecule has 0 aliphatic heterocycles. The van der Waals surface area contributed by atoms with E-state index in [1.807, 2.05) is 0 Å². The van der Waals surface area contributed by atoms with E-state index in [-0.39, 0.29) is 0 Å². The number of aromatic amines is 1. The summed E-state index contributed by atoms with van der Waals surface area (Å²) in [5, 5.41) is 21.6. The van der Waals surface area contributed by atoms with Gasteiger partial charge in [-0.1, -0.05) is 0 Å². The fourth-order valence-electron chi connectivity index (χ4n) is 1.90.